The van der Waals surface area contributed by atoms with Crippen LogP contribution in [0.1, 0.15) is 32.4 Å². The third-order valence-electron chi connectivity index (χ3n) is 4.36. The van der Waals surface area contributed by atoms with Crippen molar-refractivity contribution >= 4 is 16.9 Å². The molecular weight excluding hydrogens is 321 g/mol. The van der Waals surface area contributed by atoms with Gasteiger partial charge < -0.3 is 10.1 Å². The van der Waals surface area contributed by atoms with E-state index in [-0.39, 0.29) is 12.0 Å². The fourth-order valence-corrected chi connectivity index (χ4v) is 3.19. The van der Waals surface area contributed by atoms with Crippen LogP contribution in [0.15, 0.2) is 30.6 Å². The molecule has 1 fully saturated rings. The number of anilines is 1. The predicted octanol–water partition coefficient (Wildman–Crippen LogP) is 3.76. The zero-order valence-corrected chi connectivity index (χ0v) is 14.1. The Hall–Kier alpha value is -2.54. The Morgan fingerprint density at radius 1 is 1.36 bits per heavy atom. The van der Waals surface area contributed by atoms with Crippen molar-refractivity contribution in [3.8, 4) is 11.3 Å². The summed E-state index contributed by atoms with van der Waals surface area (Å²) >= 11 is 0. The van der Waals surface area contributed by atoms with Crippen molar-refractivity contribution in [1.29, 1.82) is 0 Å². The molecule has 0 radical (unpaired) electrons. The normalized spacial score (nSPS) is 17.8. The molecule has 4 rings (SSSR count). The zero-order valence-electron chi connectivity index (χ0n) is 14.1. The van der Waals surface area contributed by atoms with Crippen molar-refractivity contribution in [2.75, 3.05) is 18.5 Å². The zero-order chi connectivity index (χ0) is 17.2. The van der Waals surface area contributed by atoms with E-state index in [1.54, 1.807) is 23.1 Å². The van der Waals surface area contributed by atoms with Gasteiger partial charge in [0.2, 0.25) is 5.95 Å². The highest BCUT2D eigenvalue weighted by molar-refractivity contribution is 5.84. The van der Waals surface area contributed by atoms with Gasteiger partial charge in [0.05, 0.1) is 11.9 Å². The number of fused-ring (bicyclic) bond motifs is 1. The first-order chi connectivity index (χ1) is 12.3. The Labute approximate surface area is 145 Å². The number of ether oxygens (including phenoxy) is 1. The van der Waals surface area contributed by atoms with Gasteiger partial charge in [0.15, 0.2) is 6.23 Å². The van der Waals surface area contributed by atoms with E-state index in [1.165, 1.54) is 6.07 Å². The third-order valence-corrected chi connectivity index (χ3v) is 4.36. The second-order valence-electron chi connectivity index (χ2n) is 6.10. The number of nitrogens with one attached hydrogen (secondary N) is 1. The molecule has 7 heteroatoms. The van der Waals surface area contributed by atoms with Crippen molar-refractivity contribution in [2.24, 2.45) is 0 Å². The van der Waals surface area contributed by atoms with Crippen LogP contribution in [-0.2, 0) is 4.74 Å². The van der Waals surface area contributed by atoms with Crippen molar-refractivity contribution in [2.45, 2.75) is 32.4 Å². The molecule has 0 bridgehead atoms. The Morgan fingerprint density at radius 3 is 3.08 bits per heavy atom. The van der Waals surface area contributed by atoms with Gasteiger partial charge in [-0.3, -0.25) is 0 Å². The monoisotopic (exact) mass is 341 g/mol. The highest BCUT2D eigenvalue weighted by Crippen LogP contribution is 2.30. The van der Waals surface area contributed by atoms with Crippen molar-refractivity contribution in [3.63, 3.8) is 0 Å². The summed E-state index contributed by atoms with van der Waals surface area (Å²) in [5, 5.41) is 8.18. The fourth-order valence-electron chi connectivity index (χ4n) is 3.19. The third kappa shape index (κ3) is 3.07. The molecule has 1 saturated heterocycles. The second kappa shape index (κ2) is 6.76. The lowest BCUT2D eigenvalue weighted by molar-refractivity contribution is -0.0369. The number of hydrogen-bond donors (Lipinski definition) is 1. The molecule has 1 unspecified atom stereocenters. The lowest BCUT2D eigenvalue weighted by Crippen LogP contribution is -2.19. The standard InChI is InChI=1S/C18H20FN5O/c1-2-20-18-21-7-6-15(23-18)12-9-13-11-22-24(17(13)14(19)10-12)16-5-3-4-8-25-16/h6-7,9-11,16H,2-5,8H2,1H3,(H,20,21,23). The molecule has 130 valence electrons. The van der Waals surface area contributed by atoms with Gasteiger partial charge >= 0.3 is 0 Å². The molecule has 1 aliphatic heterocycles. The summed E-state index contributed by atoms with van der Waals surface area (Å²) < 4.78 is 22.3. The van der Waals surface area contributed by atoms with Gasteiger partial charge in [0.1, 0.15) is 11.3 Å². The minimum Gasteiger partial charge on any atom is -0.356 e. The molecular formula is C18H20FN5O. The van der Waals surface area contributed by atoms with Crippen LogP contribution in [0, 0.1) is 5.82 Å². The van der Waals surface area contributed by atoms with Crippen molar-refractivity contribution < 1.29 is 9.13 Å². The first-order valence-corrected chi connectivity index (χ1v) is 8.62. The lowest BCUT2D eigenvalue weighted by Gasteiger charge is -2.23. The fraction of sp³-hybridized carbons (Fsp3) is 0.389. The molecule has 25 heavy (non-hydrogen) atoms. The minimum absolute atomic E-state index is 0.189. The SMILES string of the molecule is CCNc1nccc(-c2cc(F)c3c(cnn3C3CCCCO3)c2)n1. The van der Waals surface area contributed by atoms with Crippen LogP contribution in [-0.4, -0.2) is 32.9 Å². The van der Waals surface area contributed by atoms with Crippen LogP contribution >= 0.6 is 0 Å². The maximum absolute atomic E-state index is 14.9. The Balaban J connectivity index is 1.74. The van der Waals surface area contributed by atoms with E-state index < -0.39 is 0 Å². The van der Waals surface area contributed by atoms with E-state index in [4.69, 9.17) is 4.74 Å². The summed E-state index contributed by atoms with van der Waals surface area (Å²) in [6.07, 6.45) is 6.14. The number of aromatic nitrogens is 4. The van der Waals surface area contributed by atoms with Crippen LogP contribution in [0.4, 0.5) is 10.3 Å². The molecule has 1 aliphatic rings. The van der Waals surface area contributed by atoms with Gasteiger partial charge in [-0.25, -0.2) is 19.0 Å². The summed E-state index contributed by atoms with van der Waals surface area (Å²) in [6.45, 7) is 3.40. The molecule has 0 aliphatic carbocycles. The van der Waals surface area contributed by atoms with Gasteiger partial charge in [0.25, 0.3) is 0 Å². The van der Waals surface area contributed by atoms with Crippen molar-refractivity contribution in [1.82, 2.24) is 19.7 Å². The number of hydrogen-bond acceptors (Lipinski definition) is 5. The number of benzene rings is 1. The van der Waals surface area contributed by atoms with Gasteiger partial charge in [-0.15, -0.1) is 0 Å². The molecule has 2 aromatic heterocycles. The second-order valence-corrected chi connectivity index (χ2v) is 6.10. The van der Waals surface area contributed by atoms with E-state index in [0.29, 0.717) is 29.3 Å². The first-order valence-electron chi connectivity index (χ1n) is 8.62. The molecule has 0 amide bonds. The summed E-state index contributed by atoms with van der Waals surface area (Å²) in [4.78, 5) is 8.59. The maximum Gasteiger partial charge on any atom is 0.223 e. The average Bonchev–Trinajstić information content (AvgIpc) is 3.08. The number of rotatable bonds is 4. The number of halogens is 1. The largest absolute Gasteiger partial charge is 0.356 e. The van der Waals surface area contributed by atoms with Gasteiger partial charge in [-0.1, -0.05) is 0 Å². The highest BCUT2D eigenvalue weighted by atomic mass is 19.1. The Kier molecular flexibility index (Phi) is 4.31. The quantitative estimate of drug-likeness (QED) is 0.783. The molecule has 3 aromatic rings. The van der Waals surface area contributed by atoms with Crippen LogP contribution in [0.2, 0.25) is 0 Å². The van der Waals surface area contributed by atoms with Gasteiger partial charge in [0, 0.05) is 30.3 Å². The van der Waals surface area contributed by atoms with Crippen LogP contribution in [0.5, 0.6) is 0 Å². The molecule has 3 heterocycles. The van der Waals surface area contributed by atoms with Crippen LogP contribution in [0.25, 0.3) is 22.2 Å². The Morgan fingerprint density at radius 2 is 2.28 bits per heavy atom. The summed E-state index contributed by atoms with van der Waals surface area (Å²) in [5.41, 5.74) is 1.86. The van der Waals surface area contributed by atoms with Crippen LogP contribution < -0.4 is 5.32 Å². The average molecular weight is 341 g/mol. The molecule has 0 saturated carbocycles. The van der Waals surface area contributed by atoms with E-state index in [1.807, 2.05) is 13.0 Å². The lowest BCUT2D eigenvalue weighted by atomic mass is 10.1. The molecule has 1 N–H and O–H groups in total. The molecule has 1 atom stereocenters. The molecule has 1 aromatic carbocycles. The smallest absolute Gasteiger partial charge is 0.223 e. The summed E-state index contributed by atoms with van der Waals surface area (Å²) in [6, 6.07) is 5.18. The van der Waals surface area contributed by atoms with E-state index >= 15 is 0 Å². The highest BCUT2D eigenvalue weighted by Gasteiger charge is 2.21. The summed E-state index contributed by atoms with van der Waals surface area (Å²) in [7, 11) is 0. The van der Waals surface area contributed by atoms with E-state index in [9.17, 15) is 4.39 Å². The van der Waals surface area contributed by atoms with E-state index in [2.05, 4.69) is 20.4 Å². The topological polar surface area (TPSA) is 64.9 Å². The van der Waals surface area contributed by atoms with E-state index in [0.717, 1.165) is 31.2 Å². The number of nitrogens with zero attached hydrogens (tertiary/aromatic N) is 4. The van der Waals surface area contributed by atoms with Crippen LogP contribution in [0.3, 0.4) is 0 Å². The maximum atomic E-state index is 14.9. The molecule has 0 spiro atoms. The minimum atomic E-state index is -0.317. The van der Waals surface area contributed by atoms with Gasteiger partial charge in [-0.05, 0) is 44.4 Å². The first kappa shape index (κ1) is 16.0. The predicted molar refractivity (Wildman–Crippen MR) is 93.7 cm³/mol. The molecule has 6 nitrogen and oxygen atoms in total. The summed E-state index contributed by atoms with van der Waals surface area (Å²) in [5.74, 6) is 0.217. The Bertz CT molecular complexity index is 888. The van der Waals surface area contributed by atoms with Gasteiger partial charge in [-0.2, -0.15) is 5.10 Å². The van der Waals surface area contributed by atoms with Crippen molar-refractivity contribution in [3.05, 3.63) is 36.4 Å².